The van der Waals surface area contributed by atoms with Gasteiger partial charge in [-0.3, -0.25) is 9.59 Å². The second kappa shape index (κ2) is 9.82. The molecule has 3 aliphatic rings. The van der Waals surface area contributed by atoms with E-state index in [9.17, 15) is 18.0 Å². The van der Waals surface area contributed by atoms with Gasteiger partial charge >= 0.3 is 0 Å². The van der Waals surface area contributed by atoms with Gasteiger partial charge in [-0.15, -0.1) is 0 Å². The first-order valence-corrected chi connectivity index (χ1v) is 14.1. The zero-order valence-electron chi connectivity index (χ0n) is 19.4. The van der Waals surface area contributed by atoms with Crippen LogP contribution in [0, 0.1) is 5.92 Å². The molecule has 0 spiro atoms. The van der Waals surface area contributed by atoms with E-state index in [0.717, 1.165) is 48.1 Å². The van der Waals surface area contributed by atoms with Gasteiger partial charge in [-0.2, -0.15) is 0 Å². The van der Waals surface area contributed by atoms with Gasteiger partial charge in [0, 0.05) is 16.8 Å². The van der Waals surface area contributed by atoms with E-state index in [1.165, 1.54) is 12.8 Å². The van der Waals surface area contributed by atoms with E-state index in [4.69, 9.17) is 16.3 Å². The molecule has 0 bridgehead atoms. The molecule has 0 radical (unpaired) electrons. The number of aromatic amines is 1. The average molecular weight is 517 g/mol. The lowest BCUT2D eigenvalue weighted by atomic mass is 9.95. The Morgan fingerprint density at radius 2 is 1.83 bits per heavy atom. The second-order valence-corrected chi connectivity index (χ2v) is 12.1. The highest BCUT2D eigenvalue weighted by atomic mass is 35.5. The van der Waals surface area contributed by atoms with Crippen molar-refractivity contribution in [2.24, 2.45) is 5.92 Å². The van der Waals surface area contributed by atoms with Crippen LogP contribution in [0.1, 0.15) is 74.1 Å². The number of nitrogens with one attached hydrogen (secondary N) is 2. The van der Waals surface area contributed by atoms with E-state index in [2.05, 4.69) is 11.1 Å². The maximum Gasteiger partial charge on any atom is 0.271 e. The number of pyridine rings is 1. The molecule has 1 amide bonds. The van der Waals surface area contributed by atoms with Crippen LogP contribution in [-0.4, -0.2) is 31.2 Å². The van der Waals surface area contributed by atoms with Crippen LogP contribution in [0.25, 0.3) is 5.57 Å². The SMILES string of the molecule is O=C(COc1ccc(/C(=C\C2CCCC2)c2ccc(C3CC3)c(=O)[nH]2)cc1Cl)NS(=O)(=O)C1CC1. The van der Waals surface area contributed by atoms with Crippen LogP contribution >= 0.6 is 11.6 Å². The van der Waals surface area contributed by atoms with Gasteiger partial charge in [-0.05, 0) is 74.1 Å². The molecule has 35 heavy (non-hydrogen) atoms. The zero-order valence-corrected chi connectivity index (χ0v) is 21.0. The first-order chi connectivity index (χ1) is 16.8. The Morgan fingerprint density at radius 3 is 2.46 bits per heavy atom. The van der Waals surface area contributed by atoms with Gasteiger partial charge in [0.2, 0.25) is 10.0 Å². The molecule has 0 atom stereocenters. The van der Waals surface area contributed by atoms with Crippen molar-refractivity contribution in [1.82, 2.24) is 9.71 Å². The summed E-state index contributed by atoms with van der Waals surface area (Å²) in [6.07, 6.45) is 10.1. The number of allylic oxidation sites excluding steroid dienone is 1. The smallest absolute Gasteiger partial charge is 0.271 e. The summed E-state index contributed by atoms with van der Waals surface area (Å²) in [6, 6.07) is 9.16. The van der Waals surface area contributed by atoms with Gasteiger partial charge in [0.05, 0.1) is 10.3 Å². The van der Waals surface area contributed by atoms with Gasteiger partial charge in [-0.25, -0.2) is 13.1 Å². The van der Waals surface area contributed by atoms with E-state index < -0.39 is 27.8 Å². The van der Waals surface area contributed by atoms with Crippen LogP contribution in [0.15, 0.2) is 41.2 Å². The van der Waals surface area contributed by atoms with E-state index in [0.29, 0.717) is 29.7 Å². The van der Waals surface area contributed by atoms with Crippen molar-refractivity contribution in [3.8, 4) is 5.75 Å². The largest absolute Gasteiger partial charge is 0.482 e. The summed E-state index contributed by atoms with van der Waals surface area (Å²) in [4.78, 5) is 27.8. The average Bonchev–Trinajstić information content (AvgIpc) is 3.75. The van der Waals surface area contributed by atoms with Crippen molar-refractivity contribution in [3.63, 3.8) is 0 Å². The van der Waals surface area contributed by atoms with Gasteiger partial charge in [-0.1, -0.05) is 42.7 Å². The third-order valence-electron chi connectivity index (χ3n) is 6.87. The summed E-state index contributed by atoms with van der Waals surface area (Å²) in [5, 5.41) is -0.182. The van der Waals surface area contributed by atoms with Crippen LogP contribution < -0.4 is 15.0 Å². The molecule has 1 heterocycles. The Kier molecular flexibility index (Phi) is 6.77. The summed E-state index contributed by atoms with van der Waals surface area (Å²) >= 11 is 6.49. The Hall–Kier alpha value is -2.58. The quantitative estimate of drug-likeness (QED) is 0.510. The topological polar surface area (TPSA) is 105 Å². The molecule has 7 nitrogen and oxygen atoms in total. The number of carbonyl (C=O) groups is 1. The maximum atomic E-state index is 12.7. The minimum absolute atomic E-state index is 0.0412. The number of H-pyrrole nitrogens is 1. The van der Waals surface area contributed by atoms with Crippen molar-refractivity contribution in [1.29, 1.82) is 0 Å². The van der Waals surface area contributed by atoms with Crippen LogP contribution in [0.2, 0.25) is 5.02 Å². The molecule has 0 aliphatic heterocycles. The predicted molar refractivity (Wildman–Crippen MR) is 135 cm³/mol. The summed E-state index contributed by atoms with van der Waals surface area (Å²) < 4.78 is 31.4. The van der Waals surface area contributed by atoms with E-state index in [-0.39, 0.29) is 11.3 Å². The molecule has 2 aromatic rings. The normalized spacial score (nSPS) is 19.1. The summed E-state index contributed by atoms with van der Waals surface area (Å²) in [7, 11) is -3.62. The van der Waals surface area contributed by atoms with E-state index in [1.54, 1.807) is 12.1 Å². The molecule has 1 aromatic heterocycles. The molecule has 186 valence electrons. The van der Waals surface area contributed by atoms with Crippen LogP contribution in [0.4, 0.5) is 0 Å². The molecular formula is C26H29ClN2O5S. The maximum absolute atomic E-state index is 12.7. The molecule has 1 aromatic carbocycles. The third kappa shape index (κ3) is 5.81. The molecule has 0 saturated heterocycles. The van der Waals surface area contributed by atoms with Crippen LogP contribution in [-0.2, 0) is 14.8 Å². The number of halogens is 1. The molecule has 9 heteroatoms. The van der Waals surface area contributed by atoms with Crippen molar-refractivity contribution < 1.29 is 17.9 Å². The van der Waals surface area contributed by atoms with Crippen molar-refractivity contribution >= 4 is 33.1 Å². The van der Waals surface area contributed by atoms with Gasteiger partial charge in [0.25, 0.3) is 11.5 Å². The third-order valence-corrected chi connectivity index (χ3v) is 9.03. The summed E-state index contributed by atoms with van der Waals surface area (Å²) in [6.45, 7) is -0.453. The lowest BCUT2D eigenvalue weighted by molar-refractivity contribution is -0.121. The molecular weight excluding hydrogens is 488 g/mol. The van der Waals surface area contributed by atoms with Gasteiger partial charge in [0.15, 0.2) is 6.61 Å². The van der Waals surface area contributed by atoms with Gasteiger partial charge < -0.3 is 9.72 Å². The highest BCUT2D eigenvalue weighted by molar-refractivity contribution is 7.90. The molecule has 3 saturated carbocycles. The molecule has 2 N–H and O–H groups in total. The fraction of sp³-hybridized carbons (Fsp3) is 0.462. The number of amides is 1. The number of carbonyl (C=O) groups excluding carboxylic acids is 1. The van der Waals surface area contributed by atoms with Gasteiger partial charge in [0.1, 0.15) is 5.75 Å². The Bertz CT molecular complexity index is 1320. The number of rotatable bonds is 9. The van der Waals surface area contributed by atoms with Crippen molar-refractivity contribution in [3.05, 3.63) is 68.6 Å². The number of hydrogen-bond donors (Lipinski definition) is 2. The summed E-state index contributed by atoms with van der Waals surface area (Å²) in [5.41, 5.74) is 3.31. The fourth-order valence-electron chi connectivity index (χ4n) is 4.64. The molecule has 0 unspecified atom stereocenters. The minimum atomic E-state index is -3.62. The lowest BCUT2D eigenvalue weighted by Crippen LogP contribution is -2.36. The van der Waals surface area contributed by atoms with E-state index in [1.807, 2.05) is 22.9 Å². The predicted octanol–water partition coefficient (Wildman–Crippen LogP) is 4.51. The highest BCUT2D eigenvalue weighted by Gasteiger charge is 2.36. The number of aromatic nitrogens is 1. The monoisotopic (exact) mass is 516 g/mol. The Balaban J connectivity index is 1.35. The number of ether oxygens (including phenoxy) is 1. The molecule has 3 fully saturated rings. The number of hydrogen-bond acceptors (Lipinski definition) is 5. The van der Waals surface area contributed by atoms with Crippen molar-refractivity contribution in [2.45, 2.75) is 62.5 Å². The molecule has 5 rings (SSSR count). The van der Waals surface area contributed by atoms with E-state index >= 15 is 0 Å². The van der Waals surface area contributed by atoms with Crippen LogP contribution in [0.5, 0.6) is 5.75 Å². The first-order valence-electron chi connectivity index (χ1n) is 12.2. The highest BCUT2D eigenvalue weighted by Crippen LogP contribution is 2.39. The first kappa shape index (κ1) is 24.1. The van der Waals surface area contributed by atoms with Crippen LogP contribution in [0.3, 0.4) is 0 Å². The molecule has 3 aliphatic carbocycles. The number of sulfonamides is 1. The zero-order chi connectivity index (χ0) is 24.6. The standard InChI is InChI=1S/C26H29ClN2O5S/c27-22-14-18(7-12-24(22)34-15-25(30)29-35(32,33)19-8-9-19)21(13-16-3-1-2-4-16)23-11-10-20(17-5-6-17)26(31)28-23/h7,10-14,16-17,19H,1-6,8-9,15H2,(H,28,31)(H,29,30)/b21-13+. The second-order valence-electron chi connectivity index (χ2n) is 9.76. The fourth-order valence-corrected chi connectivity index (χ4v) is 6.17. The summed E-state index contributed by atoms with van der Waals surface area (Å²) in [5.74, 6) is 0.361. The Labute approximate surface area is 210 Å². The van der Waals surface area contributed by atoms with Crippen molar-refractivity contribution in [2.75, 3.05) is 6.61 Å². The minimum Gasteiger partial charge on any atom is -0.482 e. The lowest BCUT2D eigenvalue weighted by Gasteiger charge is -2.14. The number of benzene rings is 1. The Morgan fingerprint density at radius 1 is 1.09 bits per heavy atom.